The van der Waals surface area contributed by atoms with Crippen molar-refractivity contribution in [2.24, 2.45) is 0 Å². The highest BCUT2D eigenvalue weighted by Gasteiger charge is 2.16. The molecule has 20 heavy (non-hydrogen) atoms. The van der Waals surface area contributed by atoms with Gasteiger partial charge in [-0.15, -0.1) is 11.3 Å². The minimum absolute atomic E-state index is 0.244. The summed E-state index contributed by atoms with van der Waals surface area (Å²) in [7, 11) is 1.40. The maximum atomic E-state index is 11.5. The summed E-state index contributed by atoms with van der Waals surface area (Å²) in [5.74, 6) is -0.244. The van der Waals surface area contributed by atoms with Gasteiger partial charge in [-0.2, -0.15) is 0 Å². The van der Waals surface area contributed by atoms with E-state index in [1.165, 1.54) is 7.11 Å². The van der Waals surface area contributed by atoms with Crippen molar-refractivity contribution >= 4 is 23.0 Å². The number of hydrogen-bond donors (Lipinski definition) is 1. The lowest BCUT2D eigenvalue weighted by Crippen LogP contribution is -2.29. The van der Waals surface area contributed by atoms with Crippen LogP contribution in [0.5, 0.6) is 0 Å². The second kappa shape index (κ2) is 6.52. The van der Waals surface area contributed by atoms with Crippen molar-refractivity contribution in [3.05, 3.63) is 34.7 Å². The molecule has 2 aromatic rings. The third-order valence-electron chi connectivity index (χ3n) is 3.03. The molecular weight excluding hydrogens is 272 g/mol. The van der Waals surface area contributed by atoms with Gasteiger partial charge in [0.15, 0.2) is 0 Å². The summed E-state index contributed by atoms with van der Waals surface area (Å²) in [6.07, 6.45) is 0.680. The first-order chi connectivity index (χ1) is 9.63. The number of ether oxygens (including phenoxy) is 1. The number of benzene rings is 1. The fourth-order valence-corrected chi connectivity index (χ4v) is 2.53. The molecule has 0 saturated carbocycles. The summed E-state index contributed by atoms with van der Waals surface area (Å²) in [6.45, 7) is 3.94. The predicted molar refractivity (Wildman–Crippen MR) is 82.0 cm³/mol. The number of esters is 1. The lowest BCUT2D eigenvalue weighted by molar-refractivity contribution is -0.141. The molecule has 5 heteroatoms. The first-order valence-corrected chi connectivity index (χ1v) is 7.39. The van der Waals surface area contributed by atoms with Crippen LogP contribution in [-0.4, -0.2) is 24.1 Å². The Morgan fingerprint density at radius 3 is 2.60 bits per heavy atom. The van der Waals surface area contributed by atoms with Gasteiger partial charge in [-0.25, -0.2) is 9.78 Å². The van der Waals surface area contributed by atoms with Gasteiger partial charge in [0.2, 0.25) is 0 Å². The zero-order valence-corrected chi connectivity index (χ0v) is 12.7. The first-order valence-electron chi connectivity index (χ1n) is 6.51. The van der Waals surface area contributed by atoms with E-state index in [9.17, 15) is 4.79 Å². The second-order valence-electron chi connectivity index (χ2n) is 4.46. The minimum atomic E-state index is -0.313. The van der Waals surface area contributed by atoms with Crippen molar-refractivity contribution in [3.8, 4) is 11.3 Å². The van der Waals surface area contributed by atoms with Crippen molar-refractivity contribution < 1.29 is 9.53 Å². The highest BCUT2D eigenvalue weighted by Crippen LogP contribution is 2.23. The van der Waals surface area contributed by atoms with Crippen LogP contribution in [0.1, 0.15) is 18.4 Å². The van der Waals surface area contributed by atoms with Gasteiger partial charge >= 0.3 is 5.97 Å². The standard InChI is InChI=1S/C15H18N2O2S/c1-4-13(15(18)19-3)17-12-7-5-11(6-8-12)14-9-20-10(2)16-14/h5-9,13,17H,4H2,1-3H3. The molecule has 1 heterocycles. The number of carbonyl (C=O) groups is 1. The van der Waals surface area contributed by atoms with Crippen molar-refractivity contribution in [3.63, 3.8) is 0 Å². The van der Waals surface area contributed by atoms with Crippen LogP contribution in [0.2, 0.25) is 0 Å². The third-order valence-corrected chi connectivity index (χ3v) is 3.81. The third kappa shape index (κ3) is 3.36. The Hall–Kier alpha value is -1.88. The molecule has 0 aliphatic rings. The van der Waals surface area contributed by atoms with E-state index in [-0.39, 0.29) is 12.0 Å². The number of aryl methyl sites for hydroxylation is 1. The summed E-state index contributed by atoms with van der Waals surface area (Å²) in [6, 6.07) is 7.60. The van der Waals surface area contributed by atoms with Gasteiger partial charge in [-0.1, -0.05) is 19.1 Å². The van der Waals surface area contributed by atoms with E-state index >= 15 is 0 Å². The van der Waals surface area contributed by atoms with E-state index in [2.05, 4.69) is 10.3 Å². The number of hydrogen-bond acceptors (Lipinski definition) is 5. The smallest absolute Gasteiger partial charge is 0.328 e. The highest BCUT2D eigenvalue weighted by molar-refractivity contribution is 7.09. The maximum Gasteiger partial charge on any atom is 0.328 e. The molecule has 1 aromatic carbocycles. The van der Waals surface area contributed by atoms with E-state index in [0.29, 0.717) is 6.42 Å². The summed E-state index contributed by atoms with van der Waals surface area (Å²) in [5, 5.41) is 6.27. The van der Waals surface area contributed by atoms with Gasteiger partial charge in [0, 0.05) is 16.6 Å². The van der Waals surface area contributed by atoms with E-state index < -0.39 is 0 Å². The molecule has 0 fully saturated rings. The molecule has 2 rings (SSSR count). The number of rotatable bonds is 5. The molecule has 1 atom stereocenters. The Balaban J connectivity index is 2.10. The van der Waals surface area contributed by atoms with Crippen LogP contribution in [0.4, 0.5) is 5.69 Å². The Kier molecular flexibility index (Phi) is 4.74. The van der Waals surface area contributed by atoms with Crippen molar-refractivity contribution in [1.29, 1.82) is 0 Å². The van der Waals surface area contributed by atoms with Crippen molar-refractivity contribution in [1.82, 2.24) is 4.98 Å². The fourth-order valence-electron chi connectivity index (χ4n) is 1.90. The number of nitrogens with one attached hydrogen (secondary N) is 1. The monoisotopic (exact) mass is 290 g/mol. The van der Waals surface area contributed by atoms with Crippen LogP contribution < -0.4 is 5.32 Å². The molecule has 1 unspecified atom stereocenters. The van der Waals surface area contributed by atoms with Gasteiger partial charge in [0.1, 0.15) is 6.04 Å². The topological polar surface area (TPSA) is 51.2 Å². The van der Waals surface area contributed by atoms with Crippen LogP contribution in [-0.2, 0) is 9.53 Å². The van der Waals surface area contributed by atoms with Crippen LogP contribution in [0, 0.1) is 6.92 Å². The van der Waals surface area contributed by atoms with Gasteiger partial charge < -0.3 is 10.1 Å². The molecule has 0 aliphatic carbocycles. The lowest BCUT2D eigenvalue weighted by Gasteiger charge is -2.15. The molecule has 106 valence electrons. The van der Waals surface area contributed by atoms with Crippen molar-refractivity contribution in [2.75, 3.05) is 12.4 Å². The van der Waals surface area contributed by atoms with E-state index in [1.54, 1.807) is 11.3 Å². The van der Waals surface area contributed by atoms with E-state index in [1.807, 2.05) is 43.5 Å². The quantitative estimate of drug-likeness (QED) is 0.857. The molecule has 0 amide bonds. The molecule has 0 radical (unpaired) electrons. The van der Waals surface area contributed by atoms with Crippen LogP contribution in [0.25, 0.3) is 11.3 Å². The Morgan fingerprint density at radius 1 is 1.40 bits per heavy atom. The van der Waals surface area contributed by atoms with Crippen LogP contribution in [0.3, 0.4) is 0 Å². The van der Waals surface area contributed by atoms with E-state index in [4.69, 9.17) is 4.74 Å². The molecule has 0 spiro atoms. The zero-order valence-electron chi connectivity index (χ0n) is 11.8. The Morgan fingerprint density at radius 2 is 2.10 bits per heavy atom. The molecule has 0 saturated heterocycles. The maximum absolute atomic E-state index is 11.5. The molecule has 1 N–H and O–H groups in total. The number of nitrogens with zero attached hydrogens (tertiary/aromatic N) is 1. The lowest BCUT2D eigenvalue weighted by atomic mass is 10.1. The number of carbonyl (C=O) groups excluding carboxylic acids is 1. The Bertz CT molecular complexity index is 578. The first kappa shape index (κ1) is 14.5. The van der Waals surface area contributed by atoms with Gasteiger partial charge in [0.25, 0.3) is 0 Å². The molecular formula is C15H18N2O2S. The average molecular weight is 290 g/mol. The van der Waals surface area contributed by atoms with E-state index in [0.717, 1.165) is 22.0 Å². The van der Waals surface area contributed by atoms with Crippen molar-refractivity contribution in [2.45, 2.75) is 26.3 Å². The fraction of sp³-hybridized carbons (Fsp3) is 0.333. The predicted octanol–water partition coefficient (Wildman–Crippen LogP) is 3.48. The van der Waals surface area contributed by atoms with Crippen LogP contribution in [0.15, 0.2) is 29.6 Å². The number of aromatic nitrogens is 1. The normalized spacial score (nSPS) is 11.9. The summed E-state index contributed by atoms with van der Waals surface area (Å²) in [4.78, 5) is 16.0. The average Bonchev–Trinajstić information content (AvgIpc) is 2.91. The summed E-state index contributed by atoms with van der Waals surface area (Å²) < 4.78 is 4.76. The second-order valence-corrected chi connectivity index (χ2v) is 5.52. The number of anilines is 1. The molecule has 0 bridgehead atoms. The highest BCUT2D eigenvalue weighted by atomic mass is 32.1. The molecule has 4 nitrogen and oxygen atoms in total. The summed E-state index contributed by atoms with van der Waals surface area (Å²) in [5.41, 5.74) is 2.96. The van der Waals surface area contributed by atoms with Gasteiger partial charge in [-0.3, -0.25) is 0 Å². The largest absolute Gasteiger partial charge is 0.467 e. The minimum Gasteiger partial charge on any atom is -0.467 e. The zero-order chi connectivity index (χ0) is 14.5. The number of thiazole rings is 1. The van der Waals surface area contributed by atoms with Gasteiger partial charge in [0.05, 0.1) is 17.8 Å². The van der Waals surface area contributed by atoms with Crippen LogP contribution >= 0.6 is 11.3 Å². The number of methoxy groups -OCH3 is 1. The SMILES string of the molecule is CCC(Nc1ccc(-c2csc(C)n2)cc1)C(=O)OC. The van der Waals surface area contributed by atoms with Gasteiger partial charge in [-0.05, 0) is 25.5 Å². The Labute approximate surface area is 122 Å². The molecule has 0 aliphatic heterocycles. The summed E-state index contributed by atoms with van der Waals surface area (Å²) >= 11 is 1.64. The molecule has 1 aromatic heterocycles.